The van der Waals surface area contributed by atoms with Gasteiger partial charge in [-0.15, -0.1) is 0 Å². The highest BCUT2D eigenvalue weighted by Gasteiger charge is 2.22. The highest BCUT2D eigenvalue weighted by atomic mass is 16.5. The predicted molar refractivity (Wildman–Crippen MR) is 97.8 cm³/mol. The first kappa shape index (κ1) is 17.5. The fourth-order valence-electron chi connectivity index (χ4n) is 3.14. The molecule has 0 aromatic heterocycles. The number of aryl methyl sites for hydroxylation is 1. The predicted octanol–water partition coefficient (Wildman–Crippen LogP) is 3.35. The lowest BCUT2D eigenvalue weighted by molar-refractivity contribution is -0.107. The van der Waals surface area contributed by atoms with Crippen molar-refractivity contribution in [2.24, 2.45) is 0 Å². The van der Waals surface area contributed by atoms with Gasteiger partial charge in [0.2, 0.25) is 6.41 Å². The minimum Gasteiger partial charge on any atom is -0.493 e. The Bertz CT molecular complexity index is 888. The van der Waals surface area contributed by atoms with Crippen LogP contribution in [-0.2, 0) is 11.2 Å². The zero-order valence-electron chi connectivity index (χ0n) is 14.6. The van der Waals surface area contributed by atoms with E-state index in [1.54, 1.807) is 32.4 Å². The Labute approximate surface area is 151 Å². The minimum atomic E-state index is -1.07. The summed E-state index contributed by atoms with van der Waals surface area (Å²) in [7, 11) is 3.16. The van der Waals surface area contributed by atoms with E-state index in [1.807, 2.05) is 18.2 Å². The zero-order chi connectivity index (χ0) is 18.7. The molecule has 0 saturated carbocycles. The van der Waals surface area contributed by atoms with Crippen molar-refractivity contribution in [2.45, 2.75) is 12.8 Å². The Morgan fingerprint density at radius 2 is 1.81 bits per heavy atom. The molecule has 1 aliphatic rings. The highest BCUT2D eigenvalue weighted by Crippen LogP contribution is 2.36. The number of para-hydroxylation sites is 1. The number of rotatable bonds is 6. The monoisotopic (exact) mass is 353 g/mol. The molecule has 0 fully saturated rings. The average molecular weight is 353 g/mol. The van der Waals surface area contributed by atoms with E-state index in [0.717, 1.165) is 16.8 Å². The lowest BCUT2D eigenvalue weighted by Crippen LogP contribution is -2.24. The molecule has 0 radical (unpaired) electrons. The third-order valence-corrected chi connectivity index (χ3v) is 4.43. The van der Waals surface area contributed by atoms with Crippen molar-refractivity contribution in [1.29, 1.82) is 0 Å². The van der Waals surface area contributed by atoms with Crippen molar-refractivity contribution in [1.82, 2.24) is 0 Å². The molecule has 0 aliphatic heterocycles. The maximum absolute atomic E-state index is 11.8. The normalized spacial score (nSPS) is 12.6. The number of carbonyl (C=O) groups is 2. The summed E-state index contributed by atoms with van der Waals surface area (Å²) in [5.41, 5.74) is 3.17. The van der Waals surface area contributed by atoms with Gasteiger partial charge in [0.05, 0.1) is 25.5 Å². The smallest absolute Gasteiger partial charge is 0.337 e. The zero-order valence-corrected chi connectivity index (χ0v) is 14.6. The fourth-order valence-corrected chi connectivity index (χ4v) is 3.14. The van der Waals surface area contributed by atoms with Crippen LogP contribution in [0.2, 0.25) is 0 Å². The molecular weight excluding hydrogens is 334 g/mol. The number of carboxylic acids is 1. The van der Waals surface area contributed by atoms with E-state index < -0.39 is 5.97 Å². The molecule has 1 N–H and O–H groups in total. The Morgan fingerprint density at radius 3 is 2.46 bits per heavy atom. The second-order valence-corrected chi connectivity index (χ2v) is 5.84. The lowest BCUT2D eigenvalue weighted by atomic mass is 9.93. The maximum atomic E-state index is 11.8. The standard InChI is InChI=1S/C20H19NO5/c1-25-18-10-13-7-8-15(9-14(13)11-19(18)26-2)21(12-22)17-6-4-3-5-16(17)20(23)24/h3-6,9-12H,7-8H2,1-2H3,(H,23,24). The number of carbonyl (C=O) groups excluding carboxylic acids is 1. The van der Waals surface area contributed by atoms with Crippen molar-refractivity contribution in [3.63, 3.8) is 0 Å². The quantitative estimate of drug-likeness (QED) is 0.806. The summed E-state index contributed by atoms with van der Waals surface area (Å²) < 4.78 is 10.7. The second kappa shape index (κ2) is 7.31. The van der Waals surface area contributed by atoms with Gasteiger partial charge >= 0.3 is 5.97 Å². The molecule has 2 aromatic carbocycles. The van der Waals surface area contributed by atoms with Gasteiger partial charge in [0.1, 0.15) is 0 Å². The van der Waals surface area contributed by atoms with Crippen LogP contribution in [0.3, 0.4) is 0 Å². The molecule has 0 spiro atoms. The largest absolute Gasteiger partial charge is 0.493 e. The van der Waals surface area contributed by atoms with Gasteiger partial charge in [-0.25, -0.2) is 4.79 Å². The molecule has 0 unspecified atom stereocenters. The van der Waals surface area contributed by atoms with Gasteiger partial charge in [-0.1, -0.05) is 12.1 Å². The van der Waals surface area contributed by atoms with Crippen LogP contribution in [0, 0.1) is 0 Å². The Hall–Kier alpha value is -3.28. The van der Waals surface area contributed by atoms with E-state index in [0.29, 0.717) is 36.4 Å². The van der Waals surface area contributed by atoms with Gasteiger partial charge in [-0.2, -0.15) is 0 Å². The summed E-state index contributed by atoms with van der Waals surface area (Å²) in [4.78, 5) is 24.6. The van der Waals surface area contributed by atoms with Crippen LogP contribution in [0.15, 0.2) is 42.1 Å². The molecule has 6 heteroatoms. The molecule has 0 atom stereocenters. The molecule has 0 bridgehead atoms. The van der Waals surface area contributed by atoms with Crippen molar-refractivity contribution >= 4 is 24.1 Å². The minimum absolute atomic E-state index is 0.0820. The molecule has 2 aromatic rings. The number of nitrogens with zero attached hydrogens (tertiary/aromatic N) is 1. The first-order chi connectivity index (χ1) is 12.6. The number of carboxylic acid groups (broad SMARTS) is 1. The number of hydrogen-bond acceptors (Lipinski definition) is 4. The van der Waals surface area contributed by atoms with Crippen LogP contribution < -0.4 is 14.4 Å². The van der Waals surface area contributed by atoms with Crippen LogP contribution >= 0.6 is 0 Å². The summed E-state index contributed by atoms with van der Waals surface area (Å²) in [6.07, 6.45) is 3.85. The number of ether oxygens (including phenoxy) is 2. The number of fused-ring (bicyclic) bond motifs is 1. The van der Waals surface area contributed by atoms with Crippen molar-refractivity contribution in [2.75, 3.05) is 19.1 Å². The number of allylic oxidation sites excluding steroid dienone is 1. The second-order valence-electron chi connectivity index (χ2n) is 5.84. The molecule has 0 heterocycles. The molecule has 1 aliphatic carbocycles. The van der Waals surface area contributed by atoms with Gasteiger partial charge < -0.3 is 14.6 Å². The number of anilines is 1. The third kappa shape index (κ3) is 3.13. The molecule has 6 nitrogen and oxygen atoms in total. The first-order valence-corrected chi connectivity index (χ1v) is 8.11. The van der Waals surface area contributed by atoms with Crippen molar-refractivity contribution in [3.8, 4) is 11.5 Å². The summed E-state index contributed by atoms with van der Waals surface area (Å²) in [6, 6.07) is 10.3. The van der Waals surface area contributed by atoms with Crippen molar-refractivity contribution < 1.29 is 24.2 Å². The molecular formula is C20H19NO5. The first-order valence-electron chi connectivity index (χ1n) is 8.11. The lowest BCUT2D eigenvalue weighted by Gasteiger charge is -2.26. The van der Waals surface area contributed by atoms with Crippen LogP contribution in [0.5, 0.6) is 11.5 Å². The Kier molecular flexibility index (Phi) is 4.93. The van der Waals surface area contributed by atoms with Gasteiger partial charge in [0.15, 0.2) is 11.5 Å². The van der Waals surface area contributed by atoms with E-state index in [1.165, 1.54) is 11.0 Å². The Balaban J connectivity index is 2.06. The molecule has 1 amide bonds. The molecule has 0 saturated heterocycles. The molecule has 134 valence electrons. The molecule has 26 heavy (non-hydrogen) atoms. The summed E-state index contributed by atoms with van der Waals surface area (Å²) in [5.74, 6) is 0.189. The topological polar surface area (TPSA) is 76.1 Å². The molecule has 3 rings (SSSR count). The van der Waals surface area contributed by atoms with Crippen LogP contribution in [0.25, 0.3) is 6.08 Å². The van der Waals surface area contributed by atoms with Crippen molar-refractivity contribution in [3.05, 3.63) is 58.8 Å². The maximum Gasteiger partial charge on any atom is 0.337 e. The summed E-state index contributed by atoms with van der Waals surface area (Å²) >= 11 is 0. The van der Waals surface area contributed by atoms with Gasteiger partial charge in [0, 0.05) is 5.70 Å². The van der Waals surface area contributed by atoms with Gasteiger partial charge in [-0.05, 0) is 54.3 Å². The summed E-state index contributed by atoms with van der Waals surface area (Å²) in [5, 5.41) is 9.40. The number of amides is 1. The van der Waals surface area contributed by atoms with Gasteiger partial charge in [0.25, 0.3) is 0 Å². The number of hydrogen-bond donors (Lipinski definition) is 1. The van der Waals surface area contributed by atoms with E-state index in [4.69, 9.17) is 9.47 Å². The number of methoxy groups -OCH3 is 2. The van der Waals surface area contributed by atoms with E-state index in [-0.39, 0.29) is 5.56 Å². The Morgan fingerprint density at radius 1 is 1.12 bits per heavy atom. The van der Waals surface area contributed by atoms with E-state index >= 15 is 0 Å². The van der Waals surface area contributed by atoms with E-state index in [2.05, 4.69) is 0 Å². The fraction of sp³-hybridized carbons (Fsp3) is 0.200. The SMILES string of the molecule is COc1cc2c(cc1OC)CCC(N(C=O)c1ccccc1C(=O)O)=C2. The third-order valence-electron chi connectivity index (χ3n) is 4.43. The summed E-state index contributed by atoms with van der Waals surface area (Å²) in [6.45, 7) is 0. The van der Waals surface area contributed by atoms with Crippen LogP contribution in [-0.4, -0.2) is 31.7 Å². The van der Waals surface area contributed by atoms with Crippen LogP contribution in [0.1, 0.15) is 27.9 Å². The number of aromatic carboxylic acids is 1. The highest BCUT2D eigenvalue weighted by molar-refractivity contribution is 5.99. The average Bonchev–Trinajstić information content (AvgIpc) is 2.67. The van der Waals surface area contributed by atoms with E-state index in [9.17, 15) is 14.7 Å². The van der Waals surface area contributed by atoms with Gasteiger partial charge in [-0.3, -0.25) is 9.69 Å². The number of benzene rings is 2. The van der Waals surface area contributed by atoms with Crippen LogP contribution in [0.4, 0.5) is 5.69 Å².